The summed E-state index contributed by atoms with van der Waals surface area (Å²) in [5.41, 5.74) is 3.34. The van der Waals surface area contributed by atoms with Gasteiger partial charge in [-0.3, -0.25) is 0 Å². The second-order valence-corrected chi connectivity index (χ2v) is 4.48. The van der Waals surface area contributed by atoms with Gasteiger partial charge in [0.2, 0.25) is 5.88 Å². The van der Waals surface area contributed by atoms with Crippen molar-refractivity contribution in [3.8, 4) is 5.88 Å². The van der Waals surface area contributed by atoms with Crippen LogP contribution in [0.15, 0.2) is 42.6 Å². The molecular formula is C17H20N2O. The Balaban J connectivity index is 1.99. The zero-order valence-electron chi connectivity index (χ0n) is 12.0. The first-order valence-corrected chi connectivity index (χ1v) is 6.86. The van der Waals surface area contributed by atoms with Crippen LogP contribution in [0, 0.1) is 0 Å². The van der Waals surface area contributed by atoms with Gasteiger partial charge in [-0.05, 0) is 35.7 Å². The zero-order valence-corrected chi connectivity index (χ0v) is 12.0. The van der Waals surface area contributed by atoms with Crippen LogP contribution in [0.1, 0.15) is 24.5 Å². The van der Waals surface area contributed by atoms with E-state index in [2.05, 4.69) is 47.6 Å². The first kappa shape index (κ1) is 14.1. The molecule has 0 aliphatic carbocycles. The molecule has 0 fully saturated rings. The number of benzene rings is 1. The zero-order chi connectivity index (χ0) is 14.2. The van der Waals surface area contributed by atoms with Crippen molar-refractivity contribution in [2.24, 2.45) is 0 Å². The van der Waals surface area contributed by atoms with Crippen LogP contribution in [-0.2, 0) is 0 Å². The van der Waals surface area contributed by atoms with Crippen LogP contribution >= 0.6 is 0 Å². The van der Waals surface area contributed by atoms with Crippen LogP contribution in [0.4, 0.5) is 5.69 Å². The summed E-state index contributed by atoms with van der Waals surface area (Å²) in [6, 6.07) is 12.2. The first-order chi connectivity index (χ1) is 9.81. The smallest absolute Gasteiger partial charge is 0.213 e. The van der Waals surface area contributed by atoms with E-state index in [4.69, 9.17) is 4.74 Å². The topological polar surface area (TPSA) is 34.1 Å². The summed E-state index contributed by atoms with van der Waals surface area (Å²) in [6.07, 6.45) is 6.93. The van der Waals surface area contributed by atoms with E-state index in [1.54, 1.807) is 0 Å². The SMILES string of the molecule is CCCOc1ccc(/C=C/c2ccc(NC)cc2)cn1. The number of nitrogens with one attached hydrogen (secondary N) is 1. The van der Waals surface area contributed by atoms with Gasteiger partial charge in [0.25, 0.3) is 0 Å². The van der Waals surface area contributed by atoms with Gasteiger partial charge in [-0.1, -0.05) is 31.2 Å². The Morgan fingerprint density at radius 3 is 2.35 bits per heavy atom. The molecule has 0 amide bonds. The van der Waals surface area contributed by atoms with Crippen molar-refractivity contribution in [3.63, 3.8) is 0 Å². The number of pyridine rings is 1. The molecule has 0 radical (unpaired) electrons. The number of ether oxygens (including phenoxy) is 1. The molecule has 1 aromatic heterocycles. The summed E-state index contributed by atoms with van der Waals surface area (Å²) in [5.74, 6) is 0.683. The van der Waals surface area contributed by atoms with Crippen molar-refractivity contribution in [1.82, 2.24) is 4.98 Å². The molecule has 0 bridgehead atoms. The lowest BCUT2D eigenvalue weighted by atomic mass is 10.1. The van der Waals surface area contributed by atoms with Gasteiger partial charge in [0.15, 0.2) is 0 Å². The molecule has 1 aromatic carbocycles. The Morgan fingerprint density at radius 1 is 1.05 bits per heavy atom. The Bertz CT molecular complexity index is 544. The summed E-state index contributed by atoms with van der Waals surface area (Å²) in [5, 5.41) is 3.10. The molecule has 0 aliphatic heterocycles. The molecule has 2 aromatic rings. The average molecular weight is 268 g/mol. The van der Waals surface area contributed by atoms with Gasteiger partial charge < -0.3 is 10.1 Å². The molecule has 2 rings (SSSR count). The highest BCUT2D eigenvalue weighted by Gasteiger charge is 1.94. The van der Waals surface area contributed by atoms with E-state index in [1.807, 2.05) is 31.5 Å². The number of rotatable bonds is 6. The highest BCUT2D eigenvalue weighted by Crippen LogP contribution is 2.13. The minimum Gasteiger partial charge on any atom is -0.478 e. The van der Waals surface area contributed by atoms with E-state index in [0.717, 1.165) is 23.2 Å². The fourth-order valence-corrected chi connectivity index (χ4v) is 1.74. The van der Waals surface area contributed by atoms with Crippen LogP contribution in [0.25, 0.3) is 12.2 Å². The summed E-state index contributed by atoms with van der Waals surface area (Å²) in [4.78, 5) is 4.27. The third-order valence-corrected chi connectivity index (χ3v) is 2.88. The van der Waals surface area contributed by atoms with Crippen molar-refractivity contribution < 1.29 is 4.74 Å². The van der Waals surface area contributed by atoms with Crippen molar-refractivity contribution in [3.05, 3.63) is 53.7 Å². The second-order valence-electron chi connectivity index (χ2n) is 4.48. The number of nitrogens with zero attached hydrogens (tertiary/aromatic N) is 1. The lowest BCUT2D eigenvalue weighted by molar-refractivity contribution is 0.305. The molecule has 3 heteroatoms. The molecule has 0 spiro atoms. The Labute approximate surface area is 120 Å². The van der Waals surface area contributed by atoms with Crippen molar-refractivity contribution >= 4 is 17.8 Å². The van der Waals surface area contributed by atoms with Crippen molar-refractivity contribution in [2.75, 3.05) is 19.0 Å². The second kappa shape index (κ2) is 7.34. The quantitative estimate of drug-likeness (QED) is 0.857. The number of hydrogen-bond donors (Lipinski definition) is 1. The molecule has 104 valence electrons. The minimum atomic E-state index is 0.683. The van der Waals surface area contributed by atoms with Gasteiger partial charge >= 0.3 is 0 Å². The molecule has 1 heterocycles. The third kappa shape index (κ3) is 4.12. The minimum absolute atomic E-state index is 0.683. The summed E-state index contributed by atoms with van der Waals surface area (Å²) in [7, 11) is 1.92. The van der Waals surface area contributed by atoms with Gasteiger partial charge in [0.05, 0.1) is 6.61 Å². The molecule has 0 atom stereocenters. The largest absolute Gasteiger partial charge is 0.478 e. The van der Waals surface area contributed by atoms with Gasteiger partial charge in [0, 0.05) is 25.0 Å². The summed E-state index contributed by atoms with van der Waals surface area (Å²) >= 11 is 0. The third-order valence-electron chi connectivity index (χ3n) is 2.88. The number of anilines is 1. The van der Waals surface area contributed by atoms with E-state index in [-0.39, 0.29) is 0 Å². The summed E-state index contributed by atoms with van der Waals surface area (Å²) in [6.45, 7) is 2.79. The van der Waals surface area contributed by atoms with Crippen molar-refractivity contribution in [1.29, 1.82) is 0 Å². The lowest BCUT2D eigenvalue weighted by Crippen LogP contribution is -1.96. The van der Waals surface area contributed by atoms with E-state index in [1.165, 1.54) is 0 Å². The molecule has 1 N–H and O–H groups in total. The van der Waals surface area contributed by atoms with Crippen molar-refractivity contribution in [2.45, 2.75) is 13.3 Å². The van der Waals surface area contributed by atoms with Crippen LogP contribution in [0.5, 0.6) is 5.88 Å². The van der Waals surface area contributed by atoms with E-state index in [0.29, 0.717) is 12.5 Å². The molecule has 0 saturated carbocycles. The molecule has 0 unspecified atom stereocenters. The maximum atomic E-state index is 5.46. The highest BCUT2D eigenvalue weighted by atomic mass is 16.5. The van der Waals surface area contributed by atoms with Crippen LogP contribution in [-0.4, -0.2) is 18.6 Å². The number of hydrogen-bond acceptors (Lipinski definition) is 3. The molecule has 20 heavy (non-hydrogen) atoms. The van der Waals surface area contributed by atoms with Gasteiger partial charge in [0.1, 0.15) is 0 Å². The van der Waals surface area contributed by atoms with E-state index >= 15 is 0 Å². The normalized spacial score (nSPS) is 10.7. The van der Waals surface area contributed by atoms with Gasteiger partial charge in [-0.2, -0.15) is 0 Å². The highest BCUT2D eigenvalue weighted by molar-refractivity contribution is 5.70. The number of aromatic nitrogens is 1. The maximum Gasteiger partial charge on any atom is 0.213 e. The van der Waals surface area contributed by atoms with Gasteiger partial charge in [-0.25, -0.2) is 4.98 Å². The fraction of sp³-hybridized carbons (Fsp3) is 0.235. The maximum absolute atomic E-state index is 5.46. The Hall–Kier alpha value is -2.29. The first-order valence-electron chi connectivity index (χ1n) is 6.86. The predicted molar refractivity (Wildman–Crippen MR) is 84.9 cm³/mol. The average Bonchev–Trinajstić information content (AvgIpc) is 2.52. The Kier molecular flexibility index (Phi) is 5.18. The van der Waals surface area contributed by atoms with E-state index < -0.39 is 0 Å². The van der Waals surface area contributed by atoms with Gasteiger partial charge in [-0.15, -0.1) is 0 Å². The monoisotopic (exact) mass is 268 g/mol. The van der Waals surface area contributed by atoms with Crippen LogP contribution in [0.3, 0.4) is 0 Å². The molecule has 3 nitrogen and oxygen atoms in total. The molecule has 0 aliphatic rings. The molecule has 0 saturated heterocycles. The molecular weight excluding hydrogens is 248 g/mol. The standard InChI is InChI=1S/C17H20N2O/c1-3-12-20-17-11-8-15(13-19-17)5-4-14-6-9-16(18-2)10-7-14/h4-11,13,18H,3,12H2,1-2H3/b5-4+. The fourth-order valence-electron chi connectivity index (χ4n) is 1.74. The Morgan fingerprint density at radius 2 is 1.75 bits per heavy atom. The van der Waals surface area contributed by atoms with Crippen LogP contribution < -0.4 is 10.1 Å². The van der Waals surface area contributed by atoms with Crippen LogP contribution in [0.2, 0.25) is 0 Å². The predicted octanol–water partition coefficient (Wildman–Crippen LogP) is 4.08. The lowest BCUT2D eigenvalue weighted by Gasteiger charge is -2.03. The summed E-state index contributed by atoms with van der Waals surface area (Å²) < 4.78 is 5.46. The van der Waals surface area contributed by atoms with E-state index in [9.17, 15) is 0 Å².